The number of carboxylic acid groups (broad SMARTS) is 1. The maximum atomic E-state index is 12.9. The molecule has 0 aliphatic carbocycles. The average molecular weight is 275 g/mol. The van der Waals surface area contributed by atoms with Gasteiger partial charge in [-0.05, 0) is 19.9 Å². The zero-order chi connectivity index (χ0) is 13.9. The molecule has 0 aliphatic heterocycles. The minimum absolute atomic E-state index is 0.103. The first-order valence-corrected chi connectivity index (χ1v) is 5.44. The van der Waals surface area contributed by atoms with Crippen molar-refractivity contribution in [1.29, 1.82) is 0 Å². The van der Waals surface area contributed by atoms with Crippen molar-refractivity contribution in [1.82, 2.24) is 10.3 Å². The number of pyridine rings is 1. The first kappa shape index (κ1) is 14.4. The van der Waals surface area contributed by atoms with E-state index in [9.17, 15) is 14.0 Å². The maximum absolute atomic E-state index is 12.9. The zero-order valence-electron chi connectivity index (χ0n) is 9.83. The van der Waals surface area contributed by atoms with Crippen LogP contribution >= 0.6 is 11.6 Å². The Labute approximate surface area is 108 Å². The molecule has 2 N–H and O–H groups in total. The molecule has 5 nitrogen and oxygen atoms in total. The first-order chi connectivity index (χ1) is 8.24. The van der Waals surface area contributed by atoms with Gasteiger partial charge >= 0.3 is 5.97 Å². The Morgan fingerprint density at radius 3 is 2.72 bits per heavy atom. The van der Waals surface area contributed by atoms with E-state index in [4.69, 9.17) is 16.7 Å². The number of carbonyl (C=O) groups is 2. The van der Waals surface area contributed by atoms with Gasteiger partial charge in [-0.15, -0.1) is 0 Å². The Hall–Kier alpha value is -1.69. The van der Waals surface area contributed by atoms with E-state index >= 15 is 0 Å². The van der Waals surface area contributed by atoms with Crippen LogP contribution in [-0.4, -0.2) is 28.5 Å². The molecule has 0 atom stereocenters. The molecule has 1 aromatic rings. The molecule has 0 bridgehead atoms. The normalized spacial score (nSPS) is 11.1. The highest BCUT2D eigenvalue weighted by Gasteiger charge is 2.28. The SMILES string of the molecule is CC(C)(CNC(=O)c1cc(F)cnc1Cl)C(=O)O. The molecule has 0 saturated carbocycles. The fourth-order valence-corrected chi connectivity index (χ4v) is 1.24. The van der Waals surface area contributed by atoms with Crippen LogP contribution in [0.4, 0.5) is 4.39 Å². The summed E-state index contributed by atoms with van der Waals surface area (Å²) in [7, 11) is 0. The monoisotopic (exact) mass is 274 g/mol. The van der Waals surface area contributed by atoms with Crippen molar-refractivity contribution in [3.63, 3.8) is 0 Å². The highest BCUT2D eigenvalue weighted by molar-refractivity contribution is 6.32. The second-order valence-corrected chi connectivity index (χ2v) is 4.72. The fraction of sp³-hybridized carbons (Fsp3) is 0.364. The molecule has 98 valence electrons. The van der Waals surface area contributed by atoms with Crippen LogP contribution in [0.3, 0.4) is 0 Å². The second-order valence-electron chi connectivity index (χ2n) is 4.36. The second kappa shape index (κ2) is 5.30. The molecule has 1 heterocycles. The molecular weight excluding hydrogens is 263 g/mol. The van der Waals surface area contributed by atoms with Gasteiger partial charge in [-0.2, -0.15) is 0 Å². The molecule has 0 fully saturated rings. The van der Waals surface area contributed by atoms with Crippen molar-refractivity contribution >= 4 is 23.5 Å². The van der Waals surface area contributed by atoms with Gasteiger partial charge in [0.15, 0.2) is 0 Å². The van der Waals surface area contributed by atoms with Crippen LogP contribution < -0.4 is 5.32 Å². The van der Waals surface area contributed by atoms with Gasteiger partial charge in [0, 0.05) is 6.54 Å². The van der Waals surface area contributed by atoms with Crippen molar-refractivity contribution in [2.45, 2.75) is 13.8 Å². The Morgan fingerprint density at radius 2 is 2.17 bits per heavy atom. The number of hydrogen-bond acceptors (Lipinski definition) is 3. The summed E-state index contributed by atoms with van der Waals surface area (Å²) in [6.07, 6.45) is 0.889. The predicted molar refractivity (Wildman–Crippen MR) is 63.0 cm³/mol. The molecule has 0 unspecified atom stereocenters. The standard InChI is InChI=1S/C11H12ClFN2O3/c1-11(2,10(17)18)5-15-9(16)7-3-6(13)4-14-8(7)12/h3-4H,5H2,1-2H3,(H,15,16)(H,17,18). The molecule has 0 spiro atoms. The lowest BCUT2D eigenvalue weighted by Gasteiger charge is -2.19. The van der Waals surface area contributed by atoms with E-state index in [0.717, 1.165) is 12.3 Å². The minimum atomic E-state index is -1.12. The quantitative estimate of drug-likeness (QED) is 0.819. The highest BCUT2D eigenvalue weighted by atomic mass is 35.5. The van der Waals surface area contributed by atoms with Crippen molar-refractivity contribution in [2.24, 2.45) is 5.41 Å². The van der Waals surface area contributed by atoms with Crippen molar-refractivity contribution in [3.05, 3.63) is 28.8 Å². The van der Waals surface area contributed by atoms with Crippen LogP contribution in [0, 0.1) is 11.2 Å². The Kier molecular flexibility index (Phi) is 4.24. The van der Waals surface area contributed by atoms with E-state index in [-0.39, 0.29) is 17.3 Å². The third-order valence-corrected chi connectivity index (χ3v) is 2.62. The summed E-state index contributed by atoms with van der Waals surface area (Å²) in [6, 6.07) is 0.943. The van der Waals surface area contributed by atoms with Crippen LogP contribution in [0.15, 0.2) is 12.3 Å². The van der Waals surface area contributed by atoms with Crippen LogP contribution in [0.1, 0.15) is 24.2 Å². The molecule has 1 rings (SSSR count). The molecule has 0 aliphatic rings. The van der Waals surface area contributed by atoms with E-state index < -0.39 is 23.1 Å². The number of aliphatic carboxylic acids is 1. The summed E-state index contributed by atoms with van der Waals surface area (Å²) in [5.41, 5.74) is -1.25. The minimum Gasteiger partial charge on any atom is -0.481 e. The number of carboxylic acids is 1. The number of nitrogens with one attached hydrogen (secondary N) is 1. The molecule has 0 radical (unpaired) electrons. The van der Waals surface area contributed by atoms with Gasteiger partial charge in [0.1, 0.15) is 11.0 Å². The number of carbonyl (C=O) groups excluding carboxylic acids is 1. The third-order valence-electron chi connectivity index (χ3n) is 2.32. The Morgan fingerprint density at radius 1 is 1.56 bits per heavy atom. The van der Waals surface area contributed by atoms with Crippen LogP contribution in [-0.2, 0) is 4.79 Å². The molecular formula is C11H12ClFN2O3. The number of aromatic nitrogens is 1. The predicted octanol–water partition coefficient (Wildman–Crippen LogP) is 1.71. The summed E-state index contributed by atoms with van der Waals surface area (Å²) in [6.45, 7) is 2.82. The fourth-order valence-electron chi connectivity index (χ4n) is 1.05. The van der Waals surface area contributed by atoms with Crippen LogP contribution in [0.5, 0.6) is 0 Å². The van der Waals surface area contributed by atoms with Crippen LogP contribution in [0.25, 0.3) is 0 Å². The maximum Gasteiger partial charge on any atom is 0.310 e. The van der Waals surface area contributed by atoms with Crippen LogP contribution in [0.2, 0.25) is 5.15 Å². The van der Waals surface area contributed by atoms with E-state index in [1.807, 2.05) is 0 Å². The van der Waals surface area contributed by atoms with Gasteiger partial charge in [-0.25, -0.2) is 9.37 Å². The molecule has 1 aromatic heterocycles. The molecule has 18 heavy (non-hydrogen) atoms. The first-order valence-electron chi connectivity index (χ1n) is 5.06. The Balaban J connectivity index is 2.78. The van der Waals surface area contributed by atoms with E-state index in [1.165, 1.54) is 13.8 Å². The zero-order valence-corrected chi connectivity index (χ0v) is 10.6. The van der Waals surface area contributed by atoms with Crippen molar-refractivity contribution < 1.29 is 19.1 Å². The van der Waals surface area contributed by atoms with Gasteiger partial charge in [0.05, 0.1) is 17.2 Å². The number of rotatable bonds is 4. The molecule has 1 amide bonds. The number of hydrogen-bond donors (Lipinski definition) is 2. The van der Waals surface area contributed by atoms with E-state index in [1.54, 1.807) is 0 Å². The lowest BCUT2D eigenvalue weighted by Crippen LogP contribution is -2.39. The van der Waals surface area contributed by atoms with Gasteiger partial charge in [0.2, 0.25) is 0 Å². The number of halogens is 2. The average Bonchev–Trinajstić information content (AvgIpc) is 2.29. The van der Waals surface area contributed by atoms with E-state index in [0.29, 0.717) is 0 Å². The summed E-state index contributed by atoms with van der Waals surface area (Å²) in [5, 5.41) is 11.1. The number of nitrogens with zero attached hydrogens (tertiary/aromatic N) is 1. The van der Waals surface area contributed by atoms with Gasteiger partial charge in [-0.1, -0.05) is 11.6 Å². The lowest BCUT2D eigenvalue weighted by atomic mass is 9.94. The largest absolute Gasteiger partial charge is 0.481 e. The van der Waals surface area contributed by atoms with Gasteiger partial charge in [-0.3, -0.25) is 9.59 Å². The van der Waals surface area contributed by atoms with E-state index in [2.05, 4.69) is 10.3 Å². The van der Waals surface area contributed by atoms with Crippen molar-refractivity contribution in [3.8, 4) is 0 Å². The smallest absolute Gasteiger partial charge is 0.310 e. The lowest BCUT2D eigenvalue weighted by molar-refractivity contribution is -0.146. The van der Waals surface area contributed by atoms with Gasteiger partial charge < -0.3 is 10.4 Å². The molecule has 7 heteroatoms. The summed E-state index contributed by atoms with van der Waals surface area (Å²) >= 11 is 5.65. The molecule has 0 saturated heterocycles. The topological polar surface area (TPSA) is 79.3 Å². The third kappa shape index (κ3) is 3.40. The van der Waals surface area contributed by atoms with Gasteiger partial charge in [0.25, 0.3) is 5.91 Å². The molecule has 0 aromatic carbocycles. The Bertz CT molecular complexity index is 491. The highest BCUT2D eigenvalue weighted by Crippen LogP contribution is 2.16. The van der Waals surface area contributed by atoms with Crippen molar-refractivity contribution in [2.75, 3.05) is 6.54 Å². The summed E-state index contributed by atoms with van der Waals surface area (Å²) < 4.78 is 12.9. The summed E-state index contributed by atoms with van der Waals surface area (Å²) in [5.74, 6) is -2.41. The number of amides is 1. The summed E-state index contributed by atoms with van der Waals surface area (Å²) in [4.78, 5) is 26.0.